The monoisotopic (exact) mass is 277 g/mol. The first kappa shape index (κ1) is 13.3. The van der Waals surface area contributed by atoms with Gasteiger partial charge in [-0.25, -0.2) is 10.5 Å². The lowest BCUT2D eigenvalue weighted by Gasteiger charge is -2.07. The molecule has 2 aromatic rings. The van der Waals surface area contributed by atoms with Crippen LogP contribution in [0, 0.1) is 6.92 Å². The summed E-state index contributed by atoms with van der Waals surface area (Å²) in [5.74, 6) is 5.21. The third-order valence-electron chi connectivity index (χ3n) is 2.92. The minimum absolute atomic E-state index is 0.177. The Kier molecular flexibility index (Phi) is 3.68. The average molecular weight is 277 g/mol. The smallest absolute Gasteiger partial charge is 0.295 e. The highest BCUT2D eigenvalue weighted by Crippen LogP contribution is 2.13. The number of para-hydroxylation sites is 1. The summed E-state index contributed by atoms with van der Waals surface area (Å²) in [7, 11) is 1.81. The highest BCUT2D eigenvalue weighted by molar-refractivity contribution is 7.80. The molecule has 0 aliphatic heterocycles. The molecule has 100 valence electrons. The van der Waals surface area contributed by atoms with Crippen LogP contribution in [0.2, 0.25) is 0 Å². The number of benzene rings is 1. The summed E-state index contributed by atoms with van der Waals surface area (Å²) in [6.45, 7) is 1.84. The van der Waals surface area contributed by atoms with Gasteiger partial charge in [-0.05, 0) is 31.3 Å². The van der Waals surface area contributed by atoms with E-state index in [0.717, 1.165) is 11.4 Å². The zero-order valence-corrected chi connectivity index (χ0v) is 11.5. The predicted octanol–water partition coefficient (Wildman–Crippen LogP) is 0.645. The number of hydrogen-bond acceptors (Lipinski definition) is 3. The quantitative estimate of drug-likeness (QED) is 0.427. The number of nitrogens with one attached hydrogen (secondary N) is 2. The van der Waals surface area contributed by atoms with Crippen LogP contribution in [-0.2, 0) is 7.05 Å². The first-order chi connectivity index (χ1) is 9.06. The maximum atomic E-state index is 12.4. The molecule has 6 nitrogen and oxygen atoms in total. The second-order valence-corrected chi connectivity index (χ2v) is 4.44. The zero-order valence-electron chi connectivity index (χ0n) is 10.7. The summed E-state index contributed by atoms with van der Waals surface area (Å²) in [6, 6.07) is 9.39. The van der Waals surface area contributed by atoms with Gasteiger partial charge >= 0.3 is 0 Å². The summed E-state index contributed by atoms with van der Waals surface area (Å²) in [5.41, 5.74) is 4.09. The van der Waals surface area contributed by atoms with Crippen LogP contribution in [-0.4, -0.2) is 14.5 Å². The second kappa shape index (κ2) is 5.25. The summed E-state index contributed by atoms with van der Waals surface area (Å²) in [4.78, 5) is 12.4. The SMILES string of the molecule is Cc1c(NC(=S)NN)c(=O)n(-c2ccccc2)n1C. The van der Waals surface area contributed by atoms with Crippen LogP contribution in [0.4, 0.5) is 5.69 Å². The average Bonchev–Trinajstić information content (AvgIpc) is 2.63. The number of anilines is 1. The van der Waals surface area contributed by atoms with E-state index in [1.807, 2.05) is 44.3 Å². The Morgan fingerprint density at radius 3 is 2.53 bits per heavy atom. The molecule has 1 aromatic carbocycles. The van der Waals surface area contributed by atoms with Crippen LogP contribution in [0.15, 0.2) is 35.1 Å². The van der Waals surface area contributed by atoms with Gasteiger partial charge in [0, 0.05) is 7.05 Å². The van der Waals surface area contributed by atoms with Crippen LogP contribution >= 0.6 is 12.2 Å². The van der Waals surface area contributed by atoms with Crippen molar-refractivity contribution in [1.82, 2.24) is 14.8 Å². The van der Waals surface area contributed by atoms with Gasteiger partial charge in [0.1, 0.15) is 5.69 Å². The Hall–Kier alpha value is -2.12. The van der Waals surface area contributed by atoms with E-state index in [0.29, 0.717) is 5.69 Å². The highest BCUT2D eigenvalue weighted by Gasteiger charge is 2.16. The Morgan fingerprint density at radius 1 is 1.32 bits per heavy atom. The van der Waals surface area contributed by atoms with E-state index >= 15 is 0 Å². The number of hydrogen-bond donors (Lipinski definition) is 3. The number of nitrogens with zero attached hydrogens (tertiary/aromatic N) is 2. The summed E-state index contributed by atoms with van der Waals surface area (Å²) >= 11 is 4.92. The van der Waals surface area contributed by atoms with E-state index in [1.165, 1.54) is 0 Å². The van der Waals surface area contributed by atoms with Crippen molar-refractivity contribution in [3.05, 3.63) is 46.4 Å². The standard InChI is InChI=1S/C12H15N5OS/c1-8-10(14-12(19)15-13)11(18)17(16(8)2)9-6-4-3-5-7-9/h3-7H,13H2,1-2H3,(H2,14,15,19). The number of hydrazine groups is 1. The Balaban J connectivity index is 2.56. The second-order valence-electron chi connectivity index (χ2n) is 4.03. The molecule has 0 fully saturated rings. The van der Waals surface area contributed by atoms with Crippen LogP contribution < -0.4 is 22.1 Å². The highest BCUT2D eigenvalue weighted by atomic mass is 32.1. The van der Waals surface area contributed by atoms with Gasteiger partial charge in [-0.2, -0.15) is 0 Å². The van der Waals surface area contributed by atoms with Crippen molar-refractivity contribution >= 4 is 23.0 Å². The molecule has 0 saturated carbocycles. The minimum atomic E-state index is -0.177. The maximum absolute atomic E-state index is 12.4. The van der Waals surface area contributed by atoms with Gasteiger partial charge in [-0.15, -0.1) is 0 Å². The molecule has 0 aliphatic carbocycles. The Labute approximate surface area is 115 Å². The Morgan fingerprint density at radius 2 is 1.95 bits per heavy atom. The van der Waals surface area contributed by atoms with E-state index in [9.17, 15) is 4.79 Å². The number of rotatable bonds is 2. The molecular weight excluding hydrogens is 262 g/mol. The maximum Gasteiger partial charge on any atom is 0.295 e. The normalized spacial score (nSPS) is 10.3. The molecule has 0 bridgehead atoms. The topological polar surface area (TPSA) is 77.0 Å². The van der Waals surface area contributed by atoms with Gasteiger partial charge in [-0.3, -0.25) is 9.48 Å². The van der Waals surface area contributed by atoms with Crippen LogP contribution in [0.1, 0.15) is 5.69 Å². The Bertz CT molecular complexity index is 659. The van der Waals surface area contributed by atoms with E-state index in [1.54, 1.807) is 9.36 Å². The van der Waals surface area contributed by atoms with Crippen molar-refractivity contribution in [2.75, 3.05) is 5.32 Å². The minimum Gasteiger partial charge on any atom is -0.326 e. The zero-order chi connectivity index (χ0) is 14.0. The molecule has 0 amide bonds. The van der Waals surface area contributed by atoms with Crippen LogP contribution in [0.5, 0.6) is 0 Å². The first-order valence-corrected chi connectivity index (χ1v) is 6.08. The van der Waals surface area contributed by atoms with E-state index in [-0.39, 0.29) is 10.7 Å². The fourth-order valence-corrected chi connectivity index (χ4v) is 1.96. The first-order valence-electron chi connectivity index (χ1n) is 5.68. The molecule has 1 aromatic heterocycles. The molecule has 19 heavy (non-hydrogen) atoms. The van der Waals surface area contributed by atoms with Crippen LogP contribution in [0.3, 0.4) is 0 Å². The molecule has 4 N–H and O–H groups in total. The molecule has 0 aliphatic rings. The van der Waals surface area contributed by atoms with Gasteiger partial charge in [0.25, 0.3) is 5.56 Å². The lowest BCUT2D eigenvalue weighted by atomic mass is 10.3. The van der Waals surface area contributed by atoms with Crippen molar-refractivity contribution in [3.8, 4) is 5.69 Å². The molecule has 7 heteroatoms. The third kappa shape index (κ3) is 2.38. The van der Waals surface area contributed by atoms with Crippen molar-refractivity contribution in [1.29, 1.82) is 0 Å². The number of aromatic nitrogens is 2. The van der Waals surface area contributed by atoms with Crippen molar-refractivity contribution in [2.45, 2.75) is 6.92 Å². The van der Waals surface area contributed by atoms with Crippen molar-refractivity contribution in [3.63, 3.8) is 0 Å². The van der Waals surface area contributed by atoms with Crippen molar-refractivity contribution in [2.24, 2.45) is 12.9 Å². The molecule has 0 radical (unpaired) electrons. The van der Waals surface area contributed by atoms with Gasteiger partial charge in [-0.1, -0.05) is 18.2 Å². The summed E-state index contributed by atoms with van der Waals surface area (Å²) in [5, 5.41) is 3.00. The van der Waals surface area contributed by atoms with E-state index < -0.39 is 0 Å². The fourth-order valence-electron chi connectivity index (χ4n) is 1.86. The van der Waals surface area contributed by atoms with Crippen LogP contribution in [0.25, 0.3) is 5.69 Å². The summed E-state index contributed by atoms with van der Waals surface area (Å²) in [6.07, 6.45) is 0. The molecule has 1 heterocycles. The lowest BCUT2D eigenvalue weighted by Crippen LogP contribution is -2.35. The predicted molar refractivity (Wildman–Crippen MR) is 79.3 cm³/mol. The largest absolute Gasteiger partial charge is 0.326 e. The number of nitrogens with two attached hydrogens (primary N) is 1. The van der Waals surface area contributed by atoms with E-state index in [4.69, 9.17) is 18.1 Å². The molecule has 0 atom stereocenters. The molecule has 2 rings (SSSR count). The van der Waals surface area contributed by atoms with E-state index in [2.05, 4.69) is 10.7 Å². The lowest BCUT2D eigenvalue weighted by molar-refractivity contribution is 0.630. The van der Waals surface area contributed by atoms with Gasteiger partial charge < -0.3 is 10.7 Å². The van der Waals surface area contributed by atoms with Gasteiger partial charge in [0.2, 0.25) is 0 Å². The summed E-state index contributed by atoms with van der Waals surface area (Å²) < 4.78 is 3.33. The van der Waals surface area contributed by atoms with Gasteiger partial charge in [0.05, 0.1) is 11.4 Å². The van der Waals surface area contributed by atoms with Gasteiger partial charge in [0.15, 0.2) is 5.11 Å². The third-order valence-corrected chi connectivity index (χ3v) is 3.14. The fraction of sp³-hybridized carbons (Fsp3) is 0.167. The molecule has 0 spiro atoms. The number of thiocarbonyl (C=S) groups is 1. The molecule has 0 unspecified atom stereocenters. The molecule has 0 saturated heterocycles. The van der Waals surface area contributed by atoms with Crippen molar-refractivity contribution < 1.29 is 0 Å². The molecular formula is C12H15N5OS.